The highest BCUT2D eigenvalue weighted by Gasteiger charge is 2.22. The van der Waals surface area contributed by atoms with E-state index in [0.717, 1.165) is 45.2 Å². The van der Waals surface area contributed by atoms with Crippen LogP contribution in [0.2, 0.25) is 0 Å². The molecule has 0 radical (unpaired) electrons. The summed E-state index contributed by atoms with van der Waals surface area (Å²) in [4.78, 5) is 0. The summed E-state index contributed by atoms with van der Waals surface area (Å²) in [6.07, 6.45) is 4.74. The molecule has 1 atom stereocenters. The average molecular weight is 291 g/mol. The fourth-order valence-electron chi connectivity index (χ4n) is 2.64. The molecule has 2 rings (SSSR count). The summed E-state index contributed by atoms with van der Waals surface area (Å²) in [6.45, 7) is 5.68. The Morgan fingerprint density at radius 1 is 1.19 bits per heavy atom. The fourth-order valence-corrected chi connectivity index (χ4v) is 2.64. The van der Waals surface area contributed by atoms with Gasteiger partial charge in [0.05, 0.1) is 0 Å². The number of hydrogen-bond donors (Lipinski definition) is 1. The van der Waals surface area contributed by atoms with Crippen LogP contribution in [0.5, 0.6) is 0 Å². The van der Waals surface area contributed by atoms with Crippen molar-refractivity contribution in [3.63, 3.8) is 0 Å². The molecule has 0 aromatic heterocycles. The van der Waals surface area contributed by atoms with Gasteiger partial charge < -0.3 is 14.8 Å². The largest absolute Gasteiger partial charge is 0.385 e. The molecule has 0 heterocycles. The summed E-state index contributed by atoms with van der Waals surface area (Å²) < 4.78 is 10.8. The van der Waals surface area contributed by atoms with E-state index in [1.165, 1.54) is 24.0 Å². The van der Waals surface area contributed by atoms with Crippen molar-refractivity contribution in [2.24, 2.45) is 0 Å². The van der Waals surface area contributed by atoms with Crippen LogP contribution in [0, 0.1) is 6.92 Å². The maximum atomic E-state index is 5.74. The van der Waals surface area contributed by atoms with E-state index in [4.69, 9.17) is 9.47 Å². The second kappa shape index (κ2) is 9.19. The van der Waals surface area contributed by atoms with Crippen molar-refractivity contribution in [1.82, 2.24) is 5.32 Å². The second-order valence-corrected chi connectivity index (χ2v) is 5.98. The minimum atomic E-state index is 0.550. The number of rotatable bonds is 11. The third kappa shape index (κ3) is 6.16. The number of hydrogen-bond acceptors (Lipinski definition) is 3. The molecule has 0 bridgehead atoms. The van der Waals surface area contributed by atoms with Gasteiger partial charge >= 0.3 is 0 Å². The summed E-state index contributed by atoms with van der Waals surface area (Å²) >= 11 is 0. The van der Waals surface area contributed by atoms with Gasteiger partial charge in [0.15, 0.2) is 0 Å². The minimum absolute atomic E-state index is 0.550. The van der Waals surface area contributed by atoms with E-state index in [0.29, 0.717) is 5.92 Å². The van der Waals surface area contributed by atoms with Crippen LogP contribution in [-0.4, -0.2) is 39.5 Å². The van der Waals surface area contributed by atoms with E-state index in [1.807, 2.05) is 0 Å². The van der Waals surface area contributed by atoms with Crippen LogP contribution < -0.4 is 5.32 Å². The van der Waals surface area contributed by atoms with Gasteiger partial charge in [-0.1, -0.05) is 24.3 Å². The third-order valence-electron chi connectivity index (χ3n) is 4.11. The Balaban J connectivity index is 1.79. The first-order valence-corrected chi connectivity index (χ1v) is 8.17. The first kappa shape index (κ1) is 16.5. The lowest BCUT2D eigenvalue weighted by Gasteiger charge is -2.20. The summed E-state index contributed by atoms with van der Waals surface area (Å²) in [5.41, 5.74) is 2.85. The Kier molecular flexibility index (Phi) is 7.20. The van der Waals surface area contributed by atoms with Crippen LogP contribution in [0.3, 0.4) is 0 Å². The SMILES string of the molecule is COCCCOCCC(CNC1CC1)c1ccccc1C. The lowest BCUT2D eigenvalue weighted by molar-refractivity contribution is 0.0980. The number of benzene rings is 1. The molecule has 0 aliphatic heterocycles. The maximum absolute atomic E-state index is 5.74. The molecule has 3 heteroatoms. The van der Waals surface area contributed by atoms with E-state index in [-0.39, 0.29) is 0 Å². The molecule has 0 amide bonds. The Morgan fingerprint density at radius 2 is 2.00 bits per heavy atom. The van der Waals surface area contributed by atoms with Crippen LogP contribution in [0.15, 0.2) is 24.3 Å². The normalized spacial score (nSPS) is 16.1. The molecule has 1 aliphatic carbocycles. The van der Waals surface area contributed by atoms with Crippen LogP contribution in [0.4, 0.5) is 0 Å². The highest BCUT2D eigenvalue weighted by Crippen LogP contribution is 2.25. The molecule has 1 aromatic rings. The van der Waals surface area contributed by atoms with Gasteiger partial charge in [0, 0.05) is 39.5 Å². The quantitative estimate of drug-likeness (QED) is 0.635. The van der Waals surface area contributed by atoms with E-state index in [9.17, 15) is 0 Å². The van der Waals surface area contributed by atoms with Gasteiger partial charge in [0.2, 0.25) is 0 Å². The molecule has 1 unspecified atom stereocenters. The molecular formula is C18H29NO2. The summed E-state index contributed by atoms with van der Waals surface area (Å²) in [7, 11) is 1.73. The molecule has 1 aromatic carbocycles. The number of methoxy groups -OCH3 is 1. The van der Waals surface area contributed by atoms with Crippen molar-refractivity contribution in [3.05, 3.63) is 35.4 Å². The third-order valence-corrected chi connectivity index (χ3v) is 4.11. The van der Waals surface area contributed by atoms with Gasteiger partial charge in [0.25, 0.3) is 0 Å². The van der Waals surface area contributed by atoms with Gasteiger partial charge in [-0.25, -0.2) is 0 Å². The van der Waals surface area contributed by atoms with Gasteiger partial charge in [-0.15, -0.1) is 0 Å². The molecule has 0 spiro atoms. The Labute approximate surface area is 129 Å². The monoisotopic (exact) mass is 291 g/mol. The number of ether oxygens (including phenoxy) is 2. The zero-order valence-corrected chi connectivity index (χ0v) is 13.4. The van der Waals surface area contributed by atoms with Gasteiger partial charge in [-0.2, -0.15) is 0 Å². The number of aryl methyl sites for hydroxylation is 1. The van der Waals surface area contributed by atoms with Crippen LogP contribution in [-0.2, 0) is 9.47 Å². The molecule has 1 fully saturated rings. The molecule has 1 saturated carbocycles. The van der Waals surface area contributed by atoms with Crippen molar-refractivity contribution in [3.8, 4) is 0 Å². The zero-order valence-electron chi connectivity index (χ0n) is 13.4. The Hall–Kier alpha value is -0.900. The molecule has 21 heavy (non-hydrogen) atoms. The summed E-state index contributed by atoms with van der Waals surface area (Å²) in [5, 5.41) is 3.67. The van der Waals surface area contributed by atoms with Crippen LogP contribution >= 0.6 is 0 Å². The van der Waals surface area contributed by atoms with Gasteiger partial charge in [-0.3, -0.25) is 0 Å². The Bertz CT molecular complexity index is 404. The van der Waals surface area contributed by atoms with Crippen molar-refractivity contribution in [2.75, 3.05) is 33.5 Å². The molecule has 3 nitrogen and oxygen atoms in total. The lowest BCUT2D eigenvalue weighted by atomic mass is 9.92. The van der Waals surface area contributed by atoms with E-state index >= 15 is 0 Å². The zero-order chi connectivity index (χ0) is 14.9. The molecular weight excluding hydrogens is 262 g/mol. The fraction of sp³-hybridized carbons (Fsp3) is 0.667. The molecule has 118 valence electrons. The van der Waals surface area contributed by atoms with E-state index < -0.39 is 0 Å². The summed E-state index contributed by atoms with van der Waals surface area (Å²) in [5.74, 6) is 0.550. The predicted molar refractivity (Wildman–Crippen MR) is 86.9 cm³/mol. The van der Waals surface area contributed by atoms with Crippen molar-refractivity contribution in [1.29, 1.82) is 0 Å². The first-order valence-electron chi connectivity index (χ1n) is 8.17. The van der Waals surface area contributed by atoms with Gasteiger partial charge in [-0.05, 0) is 49.7 Å². The number of nitrogens with one attached hydrogen (secondary N) is 1. The molecule has 0 saturated heterocycles. The van der Waals surface area contributed by atoms with Crippen LogP contribution in [0.1, 0.15) is 42.7 Å². The highest BCUT2D eigenvalue weighted by molar-refractivity contribution is 5.29. The smallest absolute Gasteiger partial charge is 0.0487 e. The second-order valence-electron chi connectivity index (χ2n) is 5.98. The topological polar surface area (TPSA) is 30.5 Å². The average Bonchev–Trinajstić information content (AvgIpc) is 3.31. The van der Waals surface area contributed by atoms with Crippen molar-refractivity contribution < 1.29 is 9.47 Å². The van der Waals surface area contributed by atoms with Crippen molar-refractivity contribution in [2.45, 2.75) is 44.6 Å². The van der Waals surface area contributed by atoms with Crippen molar-refractivity contribution >= 4 is 0 Å². The lowest BCUT2D eigenvalue weighted by Crippen LogP contribution is -2.25. The molecule has 1 N–H and O–H groups in total. The van der Waals surface area contributed by atoms with Gasteiger partial charge in [0.1, 0.15) is 0 Å². The Morgan fingerprint density at radius 3 is 2.71 bits per heavy atom. The maximum Gasteiger partial charge on any atom is 0.0487 e. The van der Waals surface area contributed by atoms with Crippen LogP contribution in [0.25, 0.3) is 0 Å². The summed E-state index contributed by atoms with van der Waals surface area (Å²) in [6, 6.07) is 9.50. The molecule has 1 aliphatic rings. The highest BCUT2D eigenvalue weighted by atomic mass is 16.5. The van der Waals surface area contributed by atoms with E-state index in [1.54, 1.807) is 7.11 Å². The van der Waals surface area contributed by atoms with E-state index in [2.05, 4.69) is 36.5 Å². The predicted octanol–water partition coefficient (Wildman–Crippen LogP) is 3.27. The first-order chi connectivity index (χ1) is 10.3. The standard InChI is InChI=1S/C18H29NO2/c1-15-6-3-4-7-18(15)16(14-19-17-8-9-17)10-13-21-12-5-11-20-2/h3-4,6-7,16-17,19H,5,8-14H2,1-2H3. The minimum Gasteiger partial charge on any atom is -0.385 e.